The Balaban J connectivity index is 1.61. The van der Waals surface area contributed by atoms with Crippen molar-refractivity contribution in [2.75, 3.05) is 5.75 Å². The Labute approximate surface area is 155 Å². The van der Waals surface area contributed by atoms with E-state index in [9.17, 15) is 24.1 Å². The number of nitriles is 1. The molecule has 0 bridgehead atoms. The average Bonchev–Trinajstić information content (AvgIpc) is 3.30. The van der Waals surface area contributed by atoms with Gasteiger partial charge in [-0.1, -0.05) is 11.6 Å². The molecule has 5 atom stereocenters. The quantitative estimate of drug-likeness (QED) is 0.719. The van der Waals surface area contributed by atoms with Gasteiger partial charge in [-0.05, 0) is 55.7 Å². The van der Waals surface area contributed by atoms with Crippen LogP contribution in [-0.2, 0) is 16.0 Å². The number of aliphatic hydroxyl groups is 1. The molecule has 0 aromatic carbocycles. The first-order chi connectivity index (χ1) is 12.2. The average molecular weight is 376 g/mol. The SMILES string of the molecule is CC1=CC(NC(=O)C(C)(O)C[S+]([O-])C2C=CC(F)=CC2)=CC2CC12C#N. The van der Waals surface area contributed by atoms with Crippen LogP contribution in [0.15, 0.2) is 47.5 Å². The molecule has 2 N–H and O–H groups in total. The Morgan fingerprint density at radius 2 is 2.38 bits per heavy atom. The number of rotatable bonds is 5. The summed E-state index contributed by atoms with van der Waals surface area (Å²) in [5, 5.41) is 22.0. The summed E-state index contributed by atoms with van der Waals surface area (Å²) in [6, 6.07) is 2.32. The van der Waals surface area contributed by atoms with Gasteiger partial charge in [0, 0.05) is 18.0 Å². The maximum absolute atomic E-state index is 13.0. The maximum atomic E-state index is 13.0. The van der Waals surface area contributed by atoms with Gasteiger partial charge < -0.3 is 15.0 Å². The fourth-order valence-corrected chi connectivity index (χ4v) is 4.81. The van der Waals surface area contributed by atoms with E-state index >= 15 is 0 Å². The summed E-state index contributed by atoms with van der Waals surface area (Å²) in [5.74, 6) is -1.18. The molecule has 26 heavy (non-hydrogen) atoms. The topological polar surface area (TPSA) is 96.2 Å². The van der Waals surface area contributed by atoms with E-state index in [1.807, 2.05) is 13.0 Å². The molecule has 3 rings (SSSR count). The second-order valence-corrected chi connectivity index (χ2v) is 8.97. The van der Waals surface area contributed by atoms with Crippen LogP contribution in [0.3, 0.4) is 0 Å². The minimum absolute atomic E-state index is 0.0842. The summed E-state index contributed by atoms with van der Waals surface area (Å²) in [4.78, 5) is 12.5. The standard InChI is InChI=1S/C19H21FN2O3S/c1-12-7-15(8-13-9-19(12,13)10-21)22-17(23)18(2,24)11-26(25)16-5-3-14(20)4-6-16/h3-5,7-8,13,16,24H,6,9,11H2,1-2H3,(H,22,23). The number of allylic oxidation sites excluding steroid dienone is 6. The lowest BCUT2D eigenvalue weighted by Crippen LogP contribution is -2.50. The van der Waals surface area contributed by atoms with Gasteiger partial charge in [0.05, 0.1) is 11.5 Å². The Bertz CT molecular complexity index is 793. The lowest BCUT2D eigenvalue weighted by Gasteiger charge is -2.27. The number of halogens is 1. The smallest absolute Gasteiger partial charge is 0.260 e. The monoisotopic (exact) mass is 376 g/mol. The third kappa shape index (κ3) is 3.50. The summed E-state index contributed by atoms with van der Waals surface area (Å²) in [6.07, 6.45) is 8.69. The Kier molecular flexibility index (Phi) is 4.86. The van der Waals surface area contributed by atoms with Crippen molar-refractivity contribution in [1.82, 2.24) is 5.32 Å². The van der Waals surface area contributed by atoms with Gasteiger partial charge in [0.2, 0.25) is 0 Å². The normalized spacial score (nSPS) is 32.8. The van der Waals surface area contributed by atoms with Crippen LogP contribution in [0.1, 0.15) is 26.7 Å². The van der Waals surface area contributed by atoms with Crippen LogP contribution in [0.4, 0.5) is 4.39 Å². The largest absolute Gasteiger partial charge is 0.616 e. The van der Waals surface area contributed by atoms with Crippen molar-refractivity contribution in [3.8, 4) is 6.07 Å². The highest BCUT2D eigenvalue weighted by Gasteiger charge is 2.56. The lowest BCUT2D eigenvalue weighted by atomic mass is 9.91. The van der Waals surface area contributed by atoms with E-state index in [1.54, 1.807) is 6.08 Å². The van der Waals surface area contributed by atoms with Gasteiger partial charge in [-0.25, -0.2) is 4.39 Å². The summed E-state index contributed by atoms with van der Waals surface area (Å²) in [5.41, 5.74) is -0.815. The molecule has 7 heteroatoms. The predicted molar refractivity (Wildman–Crippen MR) is 96.5 cm³/mol. The van der Waals surface area contributed by atoms with Crippen molar-refractivity contribution in [2.45, 2.75) is 37.5 Å². The van der Waals surface area contributed by atoms with Gasteiger partial charge in [0.1, 0.15) is 16.8 Å². The first-order valence-corrected chi connectivity index (χ1v) is 9.83. The Morgan fingerprint density at radius 1 is 1.65 bits per heavy atom. The number of carbonyl (C=O) groups is 1. The van der Waals surface area contributed by atoms with Crippen LogP contribution in [0.2, 0.25) is 0 Å². The van der Waals surface area contributed by atoms with E-state index in [0.717, 1.165) is 12.0 Å². The van der Waals surface area contributed by atoms with Crippen LogP contribution >= 0.6 is 0 Å². The highest BCUT2D eigenvalue weighted by atomic mass is 32.2. The molecule has 3 aliphatic rings. The number of carbonyl (C=O) groups excluding carboxylic acids is 1. The van der Waals surface area contributed by atoms with Crippen LogP contribution in [0, 0.1) is 22.7 Å². The van der Waals surface area contributed by atoms with E-state index in [1.165, 1.54) is 25.2 Å². The summed E-state index contributed by atoms with van der Waals surface area (Å²) < 4.78 is 25.4. The number of fused-ring (bicyclic) bond motifs is 1. The summed E-state index contributed by atoms with van der Waals surface area (Å²) >= 11 is -1.52. The number of nitrogens with one attached hydrogen (secondary N) is 1. The number of hydrogen-bond acceptors (Lipinski definition) is 4. The van der Waals surface area contributed by atoms with Crippen molar-refractivity contribution in [2.24, 2.45) is 11.3 Å². The molecule has 0 heterocycles. The molecular formula is C19H21FN2O3S. The van der Waals surface area contributed by atoms with E-state index < -0.39 is 33.3 Å². The summed E-state index contributed by atoms with van der Waals surface area (Å²) in [6.45, 7) is 3.18. The van der Waals surface area contributed by atoms with Gasteiger partial charge in [-0.15, -0.1) is 0 Å². The molecule has 138 valence electrons. The molecule has 0 aromatic heterocycles. The van der Waals surface area contributed by atoms with Crippen molar-refractivity contribution >= 4 is 17.1 Å². The van der Waals surface area contributed by atoms with Gasteiger partial charge in [0.25, 0.3) is 5.91 Å². The van der Waals surface area contributed by atoms with Gasteiger partial charge in [-0.3, -0.25) is 4.79 Å². The fourth-order valence-electron chi connectivity index (χ4n) is 3.35. The molecule has 0 saturated heterocycles. The van der Waals surface area contributed by atoms with Gasteiger partial charge in [0.15, 0.2) is 5.60 Å². The second kappa shape index (κ2) is 6.69. The van der Waals surface area contributed by atoms with Gasteiger partial charge in [-0.2, -0.15) is 5.26 Å². The molecule has 0 spiro atoms. The fraction of sp³-hybridized carbons (Fsp3) is 0.474. The highest BCUT2D eigenvalue weighted by molar-refractivity contribution is 7.92. The molecule has 0 radical (unpaired) electrons. The number of amides is 1. The second-order valence-electron chi connectivity index (χ2n) is 7.32. The first kappa shape index (κ1) is 18.9. The van der Waals surface area contributed by atoms with Crippen molar-refractivity contribution in [1.29, 1.82) is 5.26 Å². The third-order valence-corrected chi connectivity index (χ3v) is 7.07. The minimum atomic E-state index is -1.83. The minimum Gasteiger partial charge on any atom is -0.616 e. The third-order valence-electron chi connectivity index (χ3n) is 5.19. The molecule has 5 nitrogen and oxygen atoms in total. The number of nitrogens with zero attached hydrogens (tertiary/aromatic N) is 1. The van der Waals surface area contributed by atoms with Gasteiger partial charge >= 0.3 is 0 Å². The molecule has 0 aliphatic heterocycles. The summed E-state index contributed by atoms with van der Waals surface area (Å²) in [7, 11) is 0. The lowest BCUT2D eigenvalue weighted by molar-refractivity contribution is -0.135. The first-order valence-electron chi connectivity index (χ1n) is 8.45. The zero-order chi connectivity index (χ0) is 19.1. The molecular weight excluding hydrogens is 355 g/mol. The molecule has 5 unspecified atom stereocenters. The van der Waals surface area contributed by atoms with Crippen LogP contribution in [-0.4, -0.2) is 32.2 Å². The van der Waals surface area contributed by atoms with Crippen LogP contribution in [0.5, 0.6) is 0 Å². The molecule has 3 aliphatic carbocycles. The Morgan fingerprint density at radius 3 is 2.96 bits per heavy atom. The van der Waals surface area contributed by atoms with Crippen LogP contribution < -0.4 is 5.32 Å². The van der Waals surface area contributed by atoms with E-state index in [2.05, 4.69) is 11.4 Å². The molecule has 1 saturated carbocycles. The van der Waals surface area contributed by atoms with E-state index in [-0.39, 0.29) is 23.9 Å². The highest BCUT2D eigenvalue weighted by Crippen LogP contribution is 2.60. The zero-order valence-corrected chi connectivity index (χ0v) is 15.5. The van der Waals surface area contributed by atoms with Crippen molar-refractivity contribution in [3.05, 3.63) is 47.5 Å². The molecule has 1 fully saturated rings. The van der Waals surface area contributed by atoms with Crippen molar-refractivity contribution < 1.29 is 18.8 Å². The number of hydrogen-bond donors (Lipinski definition) is 2. The predicted octanol–water partition coefficient (Wildman–Crippen LogP) is 2.16. The van der Waals surface area contributed by atoms with E-state index in [0.29, 0.717) is 5.70 Å². The maximum Gasteiger partial charge on any atom is 0.260 e. The molecule has 1 amide bonds. The van der Waals surface area contributed by atoms with E-state index in [4.69, 9.17) is 0 Å². The Hall–Kier alpha value is -1.88. The van der Waals surface area contributed by atoms with Crippen LogP contribution in [0.25, 0.3) is 0 Å². The molecule has 0 aromatic rings. The van der Waals surface area contributed by atoms with Crippen molar-refractivity contribution in [3.63, 3.8) is 0 Å². The zero-order valence-electron chi connectivity index (χ0n) is 14.7.